The highest BCUT2D eigenvalue weighted by Gasteiger charge is 2.30. The van der Waals surface area contributed by atoms with Gasteiger partial charge in [-0.2, -0.15) is 0 Å². The molecule has 190 valence electrons. The maximum Gasteiger partial charge on any atom is 0.265 e. The van der Waals surface area contributed by atoms with E-state index in [9.17, 15) is 9.59 Å². The average Bonchev–Trinajstić information content (AvgIpc) is 2.92. The van der Waals surface area contributed by atoms with Gasteiger partial charge in [-0.1, -0.05) is 95.7 Å². The summed E-state index contributed by atoms with van der Waals surface area (Å²) in [6, 6.07) is 31.2. The maximum atomic E-state index is 13.7. The molecule has 0 bridgehead atoms. The molecule has 1 aliphatic rings. The van der Waals surface area contributed by atoms with E-state index in [0.717, 1.165) is 32.8 Å². The fraction of sp³-hybridized carbons (Fsp3) is 0.125. The standard InChI is InChI=1S/C32H27ClN2O2S/c1-22-6-5-9-25(18-22)21-35-28-20-26(31(36)34-17-16-23-10-13-27(33)14-11-23)12-15-29(28)38-30(32(35)37)19-24-7-3-2-4-8-24/h2-15,18-20H,16-17,21H2,1H3,(H,34,36)/b30-19-. The third-order valence-electron chi connectivity index (χ3n) is 6.32. The molecule has 0 atom stereocenters. The van der Waals surface area contributed by atoms with Crippen LogP contribution in [-0.2, 0) is 17.8 Å². The zero-order chi connectivity index (χ0) is 26.5. The van der Waals surface area contributed by atoms with Gasteiger partial charge in [0.05, 0.1) is 17.1 Å². The minimum atomic E-state index is -0.166. The molecule has 5 rings (SSSR count). The van der Waals surface area contributed by atoms with Crippen LogP contribution >= 0.6 is 23.4 Å². The predicted octanol–water partition coefficient (Wildman–Crippen LogP) is 7.30. The number of rotatable bonds is 7. The van der Waals surface area contributed by atoms with Crippen molar-refractivity contribution in [3.63, 3.8) is 0 Å². The number of thioether (sulfide) groups is 1. The van der Waals surface area contributed by atoms with Gasteiger partial charge in [0.2, 0.25) is 0 Å². The molecule has 1 aliphatic heterocycles. The van der Waals surface area contributed by atoms with E-state index in [1.807, 2.05) is 104 Å². The summed E-state index contributed by atoms with van der Waals surface area (Å²) in [6.45, 7) is 2.96. The Balaban J connectivity index is 1.41. The van der Waals surface area contributed by atoms with Crippen LogP contribution < -0.4 is 10.2 Å². The van der Waals surface area contributed by atoms with Crippen molar-refractivity contribution >= 4 is 46.9 Å². The third-order valence-corrected chi connectivity index (χ3v) is 7.65. The first-order chi connectivity index (χ1) is 18.5. The Labute approximate surface area is 232 Å². The molecule has 0 saturated carbocycles. The topological polar surface area (TPSA) is 49.4 Å². The number of carbonyl (C=O) groups is 2. The van der Waals surface area contributed by atoms with E-state index in [0.29, 0.717) is 35.0 Å². The van der Waals surface area contributed by atoms with Crippen molar-refractivity contribution in [2.24, 2.45) is 0 Å². The van der Waals surface area contributed by atoms with Crippen molar-refractivity contribution < 1.29 is 9.59 Å². The molecule has 1 N–H and O–H groups in total. The van der Waals surface area contributed by atoms with Crippen LogP contribution in [0.25, 0.3) is 6.08 Å². The smallest absolute Gasteiger partial charge is 0.265 e. The van der Waals surface area contributed by atoms with Gasteiger partial charge in [-0.3, -0.25) is 9.59 Å². The number of amides is 2. The second-order valence-corrected chi connectivity index (χ2v) is 10.7. The molecule has 0 fully saturated rings. The Morgan fingerprint density at radius 1 is 0.921 bits per heavy atom. The van der Waals surface area contributed by atoms with Crippen LogP contribution in [0.15, 0.2) is 107 Å². The normalized spacial score (nSPS) is 13.9. The summed E-state index contributed by atoms with van der Waals surface area (Å²) in [5, 5.41) is 3.69. The minimum Gasteiger partial charge on any atom is -0.352 e. The van der Waals surface area contributed by atoms with Crippen LogP contribution in [0.5, 0.6) is 0 Å². The van der Waals surface area contributed by atoms with Crippen LogP contribution in [0.2, 0.25) is 5.02 Å². The number of nitrogens with one attached hydrogen (secondary N) is 1. The Morgan fingerprint density at radius 3 is 2.47 bits per heavy atom. The molecule has 0 unspecified atom stereocenters. The summed E-state index contributed by atoms with van der Waals surface area (Å²) in [7, 11) is 0. The largest absolute Gasteiger partial charge is 0.352 e. The van der Waals surface area contributed by atoms with Crippen molar-refractivity contribution in [2.75, 3.05) is 11.4 Å². The number of aryl methyl sites for hydroxylation is 1. The van der Waals surface area contributed by atoms with Crippen molar-refractivity contribution in [3.8, 4) is 0 Å². The average molecular weight is 539 g/mol. The first-order valence-corrected chi connectivity index (χ1v) is 13.6. The summed E-state index contributed by atoms with van der Waals surface area (Å²) in [6.07, 6.45) is 2.63. The summed E-state index contributed by atoms with van der Waals surface area (Å²) in [5.41, 5.74) is 5.52. The van der Waals surface area contributed by atoms with Crippen molar-refractivity contribution in [2.45, 2.75) is 24.8 Å². The molecule has 1 heterocycles. The van der Waals surface area contributed by atoms with E-state index in [4.69, 9.17) is 11.6 Å². The van der Waals surface area contributed by atoms with E-state index >= 15 is 0 Å². The van der Waals surface area contributed by atoms with Crippen LogP contribution in [0.1, 0.15) is 32.6 Å². The first-order valence-electron chi connectivity index (χ1n) is 12.4. The molecule has 0 aliphatic carbocycles. The Hall–Kier alpha value is -3.80. The molecule has 2 amide bonds. The number of halogens is 1. The van der Waals surface area contributed by atoms with Crippen LogP contribution in [0, 0.1) is 6.92 Å². The van der Waals surface area contributed by atoms with Crippen LogP contribution in [0.3, 0.4) is 0 Å². The zero-order valence-electron chi connectivity index (χ0n) is 21.0. The van der Waals surface area contributed by atoms with Crippen molar-refractivity contribution in [3.05, 3.63) is 135 Å². The molecular formula is C32H27ClN2O2S. The van der Waals surface area contributed by atoms with E-state index in [2.05, 4.69) is 11.4 Å². The van der Waals surface area contributed by atoms with E-state index in [1.54, 1.807) is 4.90 Å². The predicted molar refractivity (Wildman–Crippen MR) is 157 cm³/mol. The summed E-state index contributed by atoms with van der Waals surface area (Å²) in [5.74, 6) is -0.242. The second kappa shape index (κ2) is 11.7. The highest BCUT2D eigenvalue weighted by molar-refractivity contribution is 8.04. The van der Waals surface area contributed by atoms with Gasteiger partial charge in [-0.25, -0.2) is 0 Å². The van der Waals surface area contributed by atoms with Gasteiger partial charge in [-0.05, 0) is 66.4 Å². The van der Waals surface area contributed by atoms with Gasteiger partial charge in [0.1, 0.15) is 0 Å². The number of carbonyl (C=O) groups excluding carboxylic acids is 2. The fourth-order valence-electron chi connectivity index (χ4n) is 4.38. The number of fused-ring (bicyclic) bond motifs is 1. The number of hydrogen-bond donors (Lipinski definition) is 1. The van der Waals surface area contributed by atoms with E-state index in [-0.39, 0.29) is 11.8 Å². The summed E-state index contributed by atoms with van der Waals surface area (Å²) >= 11 is 7.40. The number of hydrogen-bond acceptors (Lipinski definition) is 3. The lowest BCUT2D eigenvalue weighted by molar-refractivity contribution is -0.114. The van der Waals surface area contributed by atoms with Crippen LogP contribution in [0.4, 0.5) is 5.69 Å². The van der Waals surface area contributed by atoms with Gasteiger partial charge < -0.3 is 10.2 Å². The lowest BCUT2D eigenvalue weighted by atomic mass is 10.1. The molecule has 0 spiro atoms. The Kier molecular flexibility index (Phi) is 7.97. The Bertz CT molecular complexity index is 1500. The molecule has 6 heteroatoms. The molecule has 0 aromatic heterocycles. The zero-order valence-corrected chi connectivity index (χ0v) is 22.6. The Morgan fingerprint density at radius 2 is 1.71 bits per heavy atom. The summed E-state index contributed by atoms with van der Waals surface area (Å²) in [4.78, 5) is 30.1. The lowest BCUT2D eigenvalue weighted by Crippen LogP contribution is -2.34. The molecule has 0 saturated heterocycles. The molecule has 4 aromatic carbocycles. The van der Waals surface area contributed by atoms with Crippen LogP contribution in [-0.4, -0.2) is 18.4 Å². The van der Waals surface area contributed by atoms with E-state index in [1.165, 1.54) is 11.8 Å². The number of anilines is 1. The van der Waals surface area contributed by atoms with Gasteiger partial charge in [0.15, 0.2) is 0 Å². The van der Waals surface area contributed by atoms with Gasteiger partial charge in [-0.15, -0.1) is 0 Å². The third kappa shape index (κ3) is 6.18. The van der Waals surface area contributed by atoms with Gasteiger partial charge in [0.25, 0.3) is 11.8 Å². The summed E-state index contributed by atoms with van der Waals surface area (Å²) < 4.78 is 0. The number of benzene rings is 4. The SMILES string of the molecule is Cc1cccc(CN2C(=O)/C(=C/c3ccccc3)Sc3ccc(C(=O)NCCc4ccc(Cl)cc4)cc32)c1. The molecule has 4 nitrogen and oxygen atoms in total. The van der Waals surface area contributed by atoms with Gasteiger partial charge >= 0.3 is 0 Å². The molecule has 38 heavy (non-hydrogen) atoms. The molecule has 4 aromatic rings. The number of nitrogens with zero attached hydrogens (tertiary/aromatic N) is 1. The quantitative estimate of drug-likeness (QED) is 0.251. The van der Waals surface area contributed by atoms with E-state index < -0.39 is 0 Å². The second-order valence-electron chi connectivity index (χ2n) is 9.22. The van der Waals surface area contributed by atoms with Crippen molar-refractivity contribution in [1.29, 1.82) is 0 Å². The minimum absolute atomic E-state index is 0.0758. The highest BCUT2D eigenvalue weighted by Crippen LogP contribution is 2.43. The van der Waals surface area contributed by atoms with Crippen molar-refractivity contribution in [1.82, 2.24) is 5.32 Å². The van der Waals surface area contributed by atoms with Gasteiger partial charge in [0, 0.05) is 22.0 Å². The fourth-order valence-corrected chi connectivity index (χ4v) is 5.54. The maximum absolute atomic E-state index is 13.7. The monoisotopic (exact) mass is 538 g/mol. The lowest BCUT2D eigenvalue weighted by Gasteiger charge is -2.31. The first kappa shape index (κ1) is 25.8. The molecular weight excluding hydrogens is 512 g/mol. The molecule has 0 radical (unpaired) electrons. The highest BCUT2D eigenvalue weighted by atomic mass is 35.5.